The molecule has 0 amide bonds. The lowest BCUT2D eigenvalue weighted by Gasteiger charge is -2.36. The SMILES string of the molecule is Cc1cc(NC2CCC3(CC2)OCCO3)ccc1N1CCOCC1. The molecule has 1 spiro atoms. The first-order valence-electron chi connectivity index (χ1n) is 9.22. The van der Waals surface area contributed by atoms with Crippen molar-refractivity contribution < 1.29 is 14.2 Å². The second-order valence-electron chi connectivity index (χ2n) is 7.13. The maximum absolute atomic E-state index is 5.82. The molecule has 0 bridgehead atoms. The number of anilines is 2. The van der Waals surface area contributed by atoms with Crippen LogP contribution in [-0.4, -0.2) is 51.3 Å². The molecular formula is C19H28N2O3. The second-order valence-corrected chi connectivity index (χ2v) is 7.13. The minimum absolute atomic E-state index is 0.270. The minimum atomic E-state index is -0.270. The van der Waals surface area contributed by atoms with Crippen LogP contribution in [-0.2, 0) is 14.2 Å². The van der Waals surface area contributed by atoms with E-state index in [2.05, 4.69) is 35.3 Å². The Hall–Kier alpha value is -1.30. The molecule has 1 aromatic carbocycles. The number of ether oxygens (including phenoxy) is 3. The lowest BCUT2D eigenvalue weighted by Crippen LogP contribution is -2.39. The molecule has 2 saturated heterocycles. The number of aryl methyl sites for hydroxylation is 1. The van der Waals surface area contributed by atoms with Crippen molar-refractivity contribution in [3.63, 3.8) is 0 Å². The molecule has 1 aromatic rings. The molecule has 24 heavy (non-hydrogen) atoms. The Morgan fingerprint density at radius 3 is 2.42 bits per heavy atom. The summed E-state index contributed by atoms with van der Waals surface area (Å²) in [6.45, 7) is 7.32. The van der Waals surface area contributed by atoms with Gasteiger partial charge in [-0.2, -0.15) is 0 Å². The predicted octanol–water partition coefficient (Wildman–Crippen LogP) is 2.93. The van der Waals surface area contributed by atoms with Gasteiger partial charge in [0.1, 0.15) is 0 Å². The topological polar surface area (TPSA) is 43.0 Å². The van der Waals surface area contributed by atoms with Gasteiger partial charge in [-0.25, -0.2) is 0 Å². The highest BCUT2D eigenvalue weighted by atomic mass is 16.7. The summed E-state index contributed by atoms with van der Waals surface area (Å²) in [4.78, 5) is 2.42. The van der Waals surface area contributed by atoms with Crippen molar-refractivity contribution in [2.24, 2.45) is 0 Å². The van der Waals surface area contributed by atoms with Gasteiger partial charge in [0.2, 0.25) is 0 Å². The summed E-state index contributed by atoms with van der Waals surface area (Å²) < 4.78 is 17.1. The number of rotatable bonds is 3. The van der Waals surface area contributed by atoms with Gasteiger partial charge >= 0.3 is 0 Å². The molecule has 1 N–H and O–H groups in total. The Morgan fingerprint density at radius 2 is 1.75 bits per heavy atom. The Morgan fingerprint density at radius 1 is 1.04 bits per heavy atom. The molecule has 5 heteroatoms. The normalized spacial score (nSPS) is 24.5. The van der Waals surface area contributed by atoms with E-state index in [1.54, 1.807) is 0 Å². The van der Waals surface area contributed by atoms with Crippen LogP contribution in [0.2, 0.25) is 0 Å². The van der Waals surface area contributed by atoms with E-state index >= 15 is 0 Å². The van der Waals surface area contributed by atoms with Crippen LogP contribution in [0.3, 0.4) is 0 Å². The zero-order valence-corrected chi connectivity index (χ0v) is 14.6. The standard InChI is InChI=1S/C19H28N2O3/c1-15-14-17(2-3-18(15)21-8-10-22-11-9-21)20-16-4-6-19(7-5-16)23-12-13-24-19/h2-3,14,16,20H,4-13H2,1H3. The summed E-state index contributed by atoms with van der Waals surface area (Å²) in [5, 5.41) is 3.70. The molecule has 0 radical (unpaired) electrons. The maximum atomic E-state index is 5.82. The van der Waals surface area contributed by atoms with E-state index in [4.69, 9.17) is 14.2 Å². The number of morpholine rings is 1. The van der Waals surface area contributed by atoms with Gasteiger partial charge < -0.3 is 24.4 Å². The molecule has 3 aliphatic rings. The average Bonchev–Trinajstić information content (AvgIpc) is 3.06. The number of benzene rings is 1. The van der Waals surface area contributed by atoms with Crippen molar-refractivity contribution in [3.05, 3.63) is 23.8 Å². The van der Waals surface area contributed by atoms with Gasteiger partial charge in [-0.1, -0.05) is 0 Å². The van der Waals surface area contributed by atoms with Crippen LogP contribution < -0.4 is 10.2 Å². The van der Waals surface area contributed by atoms with E-state index in [1.165, 1.54) is 16.9 Å². The zero-order valence-electron chi connectivity index (χ0n) is 14.6. The summed E-state index contributed by atoms with van der Waals surface area (Å²) in [6.07, 6.45) is 4.19. The summed E-state index contributed by atoms with van der Waals surface area (Å²) in [5.41, 5.74) is 3.88. The van der Waals surface area contributed by atoms with Crippen LogP contribution in [0.25, 0.3) is 0 Å². The van der Waals surface area contributed by atoms with Crippen molar-refractivity contribution in [1.82, 2.24) is 0 Å². The largest absolute Gasteiger partial charge is 0.382 e. The lowest BCUT2D eigenvalue weighted by molar-refractivity contribution is -0.177. The van der Waals surface area contributed by atoms with E-state index in [-0.39, 0.29) is 5.79 Å². The molecule has 5 nitrogen and oxygen atoms in total. The van der Waals surface area contributed by atoms with Crippen LogP contribution in [0, 0.1) is 6.92 Å². The highest BCUT2D eigenvalue weighted by Crippen LogP contribution is 2.37. The summed E-state index contributed by atoms with van der Waals surface area (Å²) >= 11 is 0. The smallest absolute Gasteiger partial charge is 0.168 e. The Balaban J connectivity index is 1.36. The molecule has 0 atom stereocenters. The second kappa shape index (κ2) is 6.90. The summed E-state index contributed by atoms with van der Waals surface area (Å²) in [6, 6.07) is 7.25. The van der Waals surface area contributed by atoms with Crippen molar-refractivity contribution in [1.29, 1.82) is 0 Å². The monoisotopic (exact) mass is 332 g/mol. The molecule has 1 aliphatic carbocycles. The van der Waals surface area contributed by atoms with Gasteiger partial charge in [-0.15, -0.1) is 0 Å². The average molecular weight is 332 g/mol. The van der Waals surface area contributed by atoms with Crippen molar-refractivity contribution in [2.75, 3.05) is 49.7 Å². The van der Waals surface area contributed by atoms with Crippen LogP contribution in [0.4, 0.5) is 11.4 Å². The highest BCUT2D eigenvalue weighted by molar-refractivity contribution is 5.61. The fraction of sp³-hybridized carbons (Fsp3) is 0.684. The fourth-order valence-electron chi connectivity index (χ4n) is 4.13. The third kappa shape index (κ3) is 3.39. The number of hydrogen-bond donors (Lipinski definition) is 1. The van der Waals surface area contributed by atoms with E-state index in [0.29, 0.717) is 6.04 Å². The van der Waals surface area contributed by atoms with Gasteiger partial charge in [0.25, 0.3) is 0 Å². The number of nitrogens with zero attached hydrogens (tertiary/aromatic N) is 1. The van der Waals surface area contributed by atoms with Crippen LogP contribution in [0.5, 0.6) is 0 Å². The molecule has 3 fully saturated rings. The number of nitrogens with one attached hydrogen (secondary N) is 1. The Bertz CT molecular complexity index is 556. The lowest BCUT2D eigenvalue weighted by atomic mass is 9.90. The quantitative estimate of drug-likeness (QED) is 0.922. The first-order chi connectivity index (χ1) is 11.7. The molecule has 4 rings (SSSR count). The number of hydrogen-bond acceptors (Lipinski definition) is 5. The van der Waals surface area contributed by atoms with Crippen LogP contribution >= 0.6 is 0 Å². The Kier molecular flexibility index (Phi) is 4.66. The highest BCUT2D eigenvalue weighted by Gasteiger charge is 2.40. The van der Waals surface area contributed by atoms with Crippen LogP contribution in [0.1, 0.15) is 31.2 Å². The summed E-state index contributed by atoms with van der Waals surface area (Å²) in [7, 11) is 0. The third-order valence-corrected chi connectivity index (χ3v) is 5.48. The van der Waals surface area contributed by atoms with E-state index < -0.39 is 0 Å². The maximum Gasteiger partial charge on any atom is 0.168 e. The minimum Gasteiger partial charge on any atom is -0.382 e. The van der Waals surface area contributed by atoms with E-state index in [1.807, 2.05) is 0 Å². The molecular weight excluding hydrogens is 304 g/mol. The van der Waals surface area contributed by atoms with Gasteiger partial charge in [-0.05, 0) is 43.5 Å². The van der Waals surface area contributed by atoms with Crippen LogP contribution in [0.15, 0.2) is 18.2 Å². The third-order valence-electron chi connectivity index (χ3n) is 5.48. The van der Waals surface area contributed by atoms with E-state index in [9.17, 15) is 0 Å². The van der Waals surface area contributed by atoms with Gasteiger partial charge in [0.05, 0.1) is 26.4 Å². The summed E-state index contributed by atoms with van der Waals surface area (Å²) in [5.74, 6) is -0.270. The molecule has 0 unspecified atom stereocenters. The molecule has 2 aliphatic heterocycles. The molecule has 132 valence electrons. The molecule has 1 saturated carbocycles. The van der Waals surface area contributed by atoms with Gasteiger partial charge in [0.15, 0.2) is 5.79 Å². The first-order valence-corrected chi connectivity index (χ1v) is 9.22. The van der Waals surface area contributed by atoms with E-state index in [0.717, 1.165) is 65.2 Å². The van der Waals surface area contributed by atoms with Gasteiger partial charge in [-0.3, -0.25) is 0 Å². The predicted molar refractivity (Wildman–Crippen MR) is 94.7 cm³/mol. The molecule has 0 aromatic heterocycles. The fourth-order valence-corrected chi connectivity index (χ4v) is 4.13. The van der Waals surface area contributed by atoms with Gasteiger partial charge in [0, 0.05) is 43.3 Å². The van der Waals surface area contributed by atoms with Crippen molar-refractivity contribution in [2.45, 2.75) is 44.4 Å². The zero-order chi connectivity index (χ0) is 16.4. The Labute approximate surface area is 144 Å². The first kappa shape index (κ1) is 16.2. The van der Waals surface area contributed by atoms with Crippen molar-refractivity contribution in [3.8, 4) is 0 Å². The molecule has 2 heterocycles. The van der Waals surface area contributed by atoms with Crippen molar-refractivity contribution >= 4 is 11.4 Å².